The van der Waals surface area contributed by atoms with Crippen molar-refractivity contribution in [2.24, 2.45) is 17.8 Å². The minimum absolute atomic E-state index is 0.0431. The Kier molecular flexibility index (Phi) is 3.80. The quantitative estimate of drug-likeness (QED) is 0.840. The summed E-state index contributed by atoms with van der Waals surface area (Å²) in [5, 5.41) is 4.50. The van der Waals surface area contributed by atoms with Crippen molar-refractivity contribution in [1.82, 2.24) is 0 Å². The molecule has 23 heavy (non-hydrogen) atoms. The molecule has 0 saturated heterocycles. The van der Waals surface area contributed by atoms with E-state index in [4.69, 9.17) is 4.74 Å². The molecule has 0 aliphatic heterocycles. The van der Waals surface area contributed by atoms with Gasteiger partial charge in [-0.25, -0.2) is 4.79 Å². The average molecular weight is 335 g/mol. The van der Waals surface area contributed by atoms with Crippen LogP contribution in [-0.4, -0.2) is 23.7 Å². The van der Waals surface area contributed by atoms with E-state index in [0.29, 0.717) is 17.0 Å². The number of hydrogen-bond donors (Lipinski definition) is 1. The van der Waals surface area contributed by atoms with E-state index in [-0.39, 0.29) is 11.5 Å². The third kappa shape index (κ3) is 3.20. The molecule has 4 fully saturated rings. The van der Waals surface area contributed by atoms with Gasteiger partial charge in [-0.2, -0.15) is 0 Å². The second kappa shape index (κ2) is 5.59. The maximum atomic E-state index is 12.1. The Morgan fingerprint density at radius 3 is 2.39 bits per heavy atom. The summed E-state index contributed by atoms with van der Waals surface area (Å²) in [6.07, 6.45) is 8.55. The first-order valence-electron chi connectivity index (χ1n) is 9.01. The number of quaternary nitrogens is 1. The standard InChI is InChI=1S/C19H27NO2S/c1-18(2,12-22-17(21)16-4-3-5-23-16)20-19-9-13-6-14(10-19)8-15(7-13)11-19/h3-5,13-15,20H,6-12H2,1-2H3/p+1. The molecule has 0 unspecified atom stereocenters. The van der Waals surface area contributed by atoms with Crippen LogP contribution < -0.4 is 5.32 Å². The van der Waals surface area contributed by atoms with Crippen molar-refractivity contribution in [2.45, 2.75) is 63.5 Å². The van der Waals surface area contributed by atoms with Crippen molar-refractivity contribution in [3.63, 3.8) is 0 Å². The van der Waals surface area contributed by atoms with Crippen molar-refractivity contribution in [3.05, 3.63) is 22.4 Å². The molecule has 0 atom stereocenters. The van der Waals surface area contributed by atoms with Crippen LogP contribution in [0.25, 0.3) is 0 Å². The largest absolute Gasteiger partial charge is 0.455 e. The molecule has 126 valence electrons. The summed E-state index contributed by atoms with van der Waals surface area (Å²) in [5.74, 6) is 2.71. The van der Waals surface area contributed by atoms with Gasteiger partial charge in [-0.3, -0.25) is 0 Å². The minimum atomic E-state index is -0.174. The zero-order chi connectivity index (χ0) is 16.1. The molecule has 0 aromatic carbocycles. The van der Waals surface area contributed by atoms with E-state index in [9.17, 15) is 4.79 Å². The van der Waals surface area contributed by atoms with Gasteiger partial charge in [0.05, 0.1) is 5.54 Å². The lowest BCUT2D eigenvalue weighted by Gasteiger charge is -2.56. The Morgan fingerprint density at radius 1 is 1.26 bits per heavy atom. The van der Waals surface area contributed by atoms with Gasteiger partial charge in [0.25, 0.3) is 0 Å². The predicted octanol–water partition coefficient (Wildman–Crippen LogP) is 3.22. The van der Waals surface area contributed by atoms with Gasteiger partial charge in [-0.1, -0.05) is 6.07 Å². The third-order valence-electron chi connectivity index (χ3n) is 6.08. The number of ether oxygens (including phenoxy) is 1. The molecule has 4 bridgehead atoms. The summed E-state index contributed by atoms with van der Waals surface area (Å²) in [5.41, 5.74) is 0.381. The van der Waals surface area contributed by atoms with Crippen LogP contribution in [0.3, 0.4) is 0 Å². The van der Waals surface area contributed by atoms with Crippen molar-refractivity contribution in [2.75, 3.05) is 6.61 Å². The van der Waals surface area contributed by atoms with E-state index in [0.717, 1.165) is 17.8 Å². The first-order valence-corrected chi connectivity index (χ1v) is 9.89. The molecule has 4 heteroatoms. The van der Waals surface area contributed by atoms with Gasteiger partial charge < -0.3 is 10.1 Å². The lowest BCUT2D eigenvalue weighted by atomic mass is 9.52. The van der Waals surface area contributed by atoms with Gasteiger partial charge in [-0.15, -0.1) is 11.3 Å². The molecular weight excluding hydrogens is 306 g/mol. The van der Waals surface area contributed by atoms with Gasteiger partial charge in [0, 0.05) is 19.3 Å². The highest BCUT2D eigenvalue weighted by atomic mass is 32.1. The van der Waals surface area contributed by atoms with Gasteiger partial charge in [0.15, 0.2) is 0 Å². The third-order valence-corrected chi connectivity index (χ3v) is 6.93. The first kappa shape index (κ1) is 15.6. The van der Waals surface area contributed by atoms with Crippen LogP contribution in [0, 0.1) is 17.8 Å². The number of carbonyl (C=O) groups is 1. The van der Waals surface area contributed by atoms with Gasteiger partial charge in [0.2, 0.25) is 0 Å². The summed E-state index contributed by atoms with van der Waals surface area (Å²) < 4.78 is 5.61. The Bertz CT molecular complexity index is 543. The highest BCUT2D eigenvalue weighted by Gasteiger charge is 2.55. The van der Waals surface area contributed by atoms with Gasteiger partial charge in [0.1, 0.15) is 17.0 Å². The van der Waals surface area contributed by atoms with Crippen molar-refractivity contribution in [1.29, 1.82) is 0 Å². The number of carbonyl (C=O) groups excluding carboxylic acids is 1. The summed E-state index contributed by atoms with van der Waals surface area (Å²) in [6, 6.07) is 3.73. The summed E-state index contributed by atoms with van der Waals surface area (Å²) in [6.45, 7) is 4.95. The molecule has 1 aromatic rings. The van der Waals surface area contributed by atoms with Crippen molar-refractivity contribution in [3.8, 4) is 0 Å². The highest BCUT2D eigenvalue weighted by molar-refractivity contribution is 7.11. The number of rotatable bonds is 5. The van der Waals surface area contributed by atoms with Crippen LogP contribution in [0.4, 0.5) is 0 Å². The van der Waals surface area contributed by atoms with E-state index < -0.39 is 0 Å². The minimum Gasteiger partial charge on any atom is -0.455 e. The number of hydrogen-bond acceptors (Lipinski definition) is 3. The van der Waals surface area contributed by atoms with Crippen molar-refractivity contribution >= 4 is 17.3 Å². The van der Waals surface area contributed by atoms with E-state index in [1.807, 2.05) is 17.5 Å². The summed E-state index contributed by atoms with van der Waals surface area (Å²) in [7, 11) is 0. The molecule has 4 saturated carbocycles. The monoisotopic (exact) mass is 334 g/mol. The molecule has 2 N–H and O–H groups in total. The molecule has 1 aromatic heterocycles. The fraction of sp³-hybridized carbons (Fsp3) is 0.737. The maximum absolute atomic E-state index is 12.1. The first-order chi connectivity index (χ1) is 10.9. The smallest absolute Gasteiger partial charge is 0.348 e. The van der Waals surface area contributed by atoms with Gasteiger partial charge in [-0.05, 0) is 62.3 Å². The summed E-state index contributed by atoms with van der Waals surface area (Å²) in [4.78, 5) is 12.8. The number of nitrogens with two attached hydrogens (primary N) is 1. The lowest BCUT2D eigenvalue weighted by Crippen LogP contribution is -3.07. The molecule has 1 heterocycles. The van der Waals surface area contributed by atoms with Gasteiger partial charge >= 0.3 is 5.97 Å². The molecule has 0 radical (unpaired) electrons. The Morgan fingerprint density at radius 2 is 1.87 bits per heavy atom. The van der Waals surface area contributed by atoms with E-state index >= 15 is 0 Å². The number of esters is 1. The lowest BCUT2D eigenvalue weighted by molar-refractivity contribution is -0.794. The SMILES string of the molecule is CC(C)(COC(=O)c1cccs1)[NH2+]C12CC3CC(CC(C3)C1)C2. The maximum Gasteiger partial charge on any atom is 0.348 e. The Hall–Kier alpha value is -0.870. The molecule has 5 rings (SSSR count). The zero-order valence-electron chi connectivity index (χ0n) is 14.2. The fourth-order valence-corrected chi connectivity index (χ4v) is 6.56. The Balaban J connectivity index is 1.38. The van der Waals surface area contributed by atoms with E-state index in [1.165, 1.54) is 49.9 Å². The predicted molar refractivity (Wildman–Crippen MR) is 91.5 cm³/mol. The van der Waals surface area contributed by atoms with Crippen LogP contribution in [0.2, 0.25) is 0 Å². The normalized spacial score (nSPS) is 35.5. The summed E-state index contributed by atoms with van der Waals surface area (Å²) >= 11 is 1.45. The van der Waals surface area contributed by atoms with Crippen LogP contribution in [-0.2, 0) is 4.74 Å². The second-order valence-electron chi connectivity index (χ2n) is 8.97. The van der Waals surface area contributed by atoms with Crippen LogP contribution >= 0.6 is 11.3 Å². The second-order valence-corrected chi connectivity index (χ2v) is 9.91. The van der Waals surface area contributed by atoms with Crippen LogP contribution in [0.15, 0.2) is 17.5 Å². The Labute approximate surface area is 142 Å². The fourth-order valence-electron chi connectivity index (χ4n) is 5.94. The topological polar surface area (TPSA) is 42.9 Å². The number of thiophene rings is 1. The van der Waals surface area contributed by atoms with E-state index in [2.05, 4.69) is 19.2 Å². The highest BCUT2D eigenvalue weighted by Crippen LogP contribution is 2.54. The van der Waals surface area contributed by atoms with Crippen LogP contribution in [0.1, 0.15) is 62.0 Å². The average Bonchev–Trinajstić information content (AvgIpc) is 2.96. The molecular formula is C19H28NO2S+. The van der Waals surface area contributed by atoms with Crippen LogP contribution in [0.5, 0.6) is 0 Å². The molecule has 4 aliphatic carbocycles. The zero-order valence-corrected chi connectivity index (χ0v) is 15.0. The molecule has 0 amide bonds. The molecule has 4 aliphatic rings. The molecule has 0 spiro atoms. The van der Waals surface area contributed by atoms with Crippen molar-refractivity contribution < 1.29 is 14.8 Å². The van der Waals surface area contributed by atoms with E-state index in [1.54, 1.807) is 0 Å². The molecule has 3 nitrogen and oxygen atoms in total.